The summed E-state index contributed by atoms with van der Waals surface area (Å²) in [6.45, 7) is 5.32. The summed E-state index contributed by atoms with van der Waals surface area (Å²) in [6.07, 6.45) is 4.82. The van der Waals surface area contributed by atoms with Gasteiger partial charge in [0.15, 0.2) is 15.8 Å². The van der Waals surface area contributed by atoms with Crippen molar-refractivity contribution in [1.29, 1.82) is 0 Å². The molecule has 2 aromatic rings. The zero-order valence-corrected chi connectivity index (χ0v) is 13.9. The highest BCUT2D eigenvalue weighted by Crippen LogP contribution is 2.44. The van der Waals surface area contributed by atoms with Gasteiger partial charge in [0.1, 0.15) is 0 Å². The van der Waals surface area contributed by atoms with Crippen LogP contribution in [-0.4, -0.2) is 30.9 Å². The van der Waals surface area contributed by atoms with E-state index < -0.39 is 10.0 Å². The average molecular weight is 328 g/mol. The Hall–Kier alpha value is -1.12. The smallest absolute Gasteiger partial charge is 0.260 e. The topological polar surface area (TPSA) is 75.5 Å². The van der Waals surface area contributed by atoms with E-state index >= 15 is 0 Å². The molecule has 1 aliphatic rings. The van der Waals surface area contributed by atoms with Crippen LogP contribution >= 0.6 is 11.3 Å². The third kappa shape index (κ3) is 2.93. The largest absolute Gasteiger partial charge is 0.368 e. The van der Waals surface area contributed by atoms with Gasteiger partial charge in [0, 0.05) is 24.7 Å². The van der Waals surface area contributed by atoms with Crippen LogP contribution in [0.5, 0.6) is 0 Å². The van der Waals surface area contributed by atoms with Crippen molar-refractivity contribution in [3.8, 4) is 0 Å². The van der Waals surface area contributed by atoms with Crippen molar-refractivity contribution < 1.29 is 8.42 Å². The van der Waals surface area contributed by atoms with E-state index in [9.17, 15) is 8.42 Å². The number of nitrogens with one attached hydrogen (secondary N) is 2. The number of rotatable bonds is 7. The van der Waals surface area contributed by atoms with E-state index in [1.807, 2.05) is 12.3 Å². The summed E-state index contributed by atoms with van der Waals surface area (Å²) in [5.41, 5.74) is 0.128. The van der Waals surface area contributed by atoms with Gasteiger partial charge in [-0.25, -0.2) is 18.1 Å². The van der Waals surface area contributed by atoms with E-state index in [1.54, 1.807) is 10.6 Å². The van der Waals surface area contributed by atoms with Gasteiger partial charge in [0.05, 0.1) is 0 Å². The normalized spacial score (nSPS) is 17.2. The molecule has 2 N–H and O–H groups in total. The van der Waals surface area contributed by atoms with Crippen molar-refractivity contribution in [2.24, 2.45) is 5.41 Å². The van der Waals surface area contributed by atoms with Crippen LogP contribution < -0.4 is 10.0 Å². The van der Waals surface area contributed by atoms with Crippen molar-refractivity contribution >= 4 is 32.1 Å². The standard InChI is InChI=1S/C13H20N4O2S2/c1-3-6-14-10-11(17-7-8-20-12(17)16-10)21(18,19)15-9-13(2)4-5-13/h7-8,14-15H,3-6,9H2,1-2H3. The molecule has 3 rings (SSSR count). The van der Waals surface area contributed by atoms with E-state index in [1.165, 1.54) is 11.3 Å². The maximum atomic E-state index is 12.7. The molecule has 1 saturated carbocycles. The lowest BCUT2D eigenvalue weighted by molar-refractivity contribution is 0.528. The maximum absolute atomic E-state index is 12.7. The van der Waals surface area contributed by atoms with Gasteiger partial charge in [0.25, 0.3) is 10.0 Å². The molecule has 0 radical (unpaired) electrons. The third-order valence-corrected chi connectivity index (χ3v) is 5.99. The Morgan fingerprint density at radius 1 is 1.48 bits per heavy atom. The number of anilines is 1. The Morgan fingerprint density at radius 3 is 2.90 bits per heavy atom. The van der Waals surface area contributed by atoms with Gasteiger partial charge in [-0.3, -0.25) is 4.40 Å². The molecule has 0 spiro atoms. The number of imidazole rings is 1. The molecular weight excluding hydrogens is 308 g/mol. The molecule has 8 heteroatoms. The highest BCUT2D eigenvalue weighted by atomic mass is 32.2. The fraction of sp³-hybridized carbons (Fsp3) is 0.615. The van der Waals surface area contributed by atoms with Gasteiger partial charge in [-0.05, 0) is 24.7 Å². The molecule has 1 fully saturated rings. The second-order valence-electron chi connectivity index (χ2n) is 5.88. The van der Waals surface area contributed by atoms with Crippen LogP contribution in [0.1, 0.15) is 33.1 Å². The number of hydrogen-bond donors (Lipinski definition) is 2. The number of fused-ring (bicyclic) bond motifs is 1. The summed E-state index contributed by atoms with van der Waals surface area (Å²) >= 11 is 1.43. The minimum absolute atomic E-state index is 0.128. The Balaban J connectivity index is 1.93. The quantitative estimate of drug-likeness (QED) is 0.818. The molecule has 0 saturated heterocycles. The highest BCUT2D eigenvalue weighted by Gasteiger charge is 2.39. The van der Waals surface area contributed by atoms with Gasteiger partial charge in [-0.2, -0.15) is 0 Å². The minimum atomic E-state index is -3.57. The molecule has 0 unspecified atom stereocenters. The van der Waals surface area contributed by atoms with Crippen molar-refractivity contribution in [2.45, 2.75) is 38.1 Å². The fourth-order valence-corrected chi connectivity index (χ4v) is 4.33. The average Bonchev–Trinajstić information content (AvgIpc) is 2.85. The van der Waals surface area contributed by atoms with Crippen LogP contribution in [-0.2, 0) is 10.0 Å². The number of sulfonamides is 1. The van der Waals surface area contributed by atoms with Crippen LogP contribution in [0, 0.1) is 5.41 Å². The molecule has 21 heavy (non-hydrogen) atoms. The van der Waals surface area contributed by atoms with Crippen molar-refractivity contribution in [3.05, 3.63) is 11.6 Å². The highest BCUT2D eigenvalue weighted by molar-refractivity contribution is 7.89. The molecule has 2 aromatic heterocycles. The Bertz CT molecular complexity index is 743. The molecule has 116 valence electrons. The van der Waals surface area contributed by atoms with Crippen LogP contribution in [0.2, 0.25) is 0 Å². The second-order valence-corrected chi connectivity index (χ2v) is 8.44. The lowest BCUT2D eigenvalue weighted by atomic mass is 10.2. The van der Waals surface area contributed by atoms with Crippen LogP contribution in [0.4, 0.5) is 5.82 Å². The zero-order chi connectivity index (χ0) is 15.1. The molecule has 6 nitrogen and oxygen atoms in total. The first-order valence-electron chi connectivity index (χ1n) is 7.14. The summed E-state index contributed by atoms with van der Waals surface area (Å²) in [5, 5.41) is 5.17. The number of nitrogens with zero attached hydrogens (tertiary/aromatic N) is 2. The molecule has 0 aliphatic heterocycles. The molecular formula is C13H20N4O2S2. The van der Waals surface area contributed by atoms with E-state index in [0.717, 1.165) is 19.3 Å². The Labute approximate surface area is 128 Å². The van der Waals surface area contributed by atoms with Crippen molar-refractivity contribution in [2.75, 3.05) is 18.4 Å². The molecule has 0 bridgehead atoms. The minimum Gasteiger partial charge on any atom is -0.368 e. The van der Waals surface area contributed by atoms with Crippen molar-refractivity contribution in [1.82, 2.24) is 14.1 Å². The first kappa shape index (κ1) is 14.8. The van der Waals surface area contributed by atoms with Gasteiger partial charge in [-0.1, -0.05) is 13.8 Å². The maximum Gasteiger partial charge on any atom is 0.260 e. The summed E-state index contributed by atoms with van der Waals surface area (Å²) in [4.78, 5) is 5.07. The van der Waals surface area contributed by atoms with Crippen LogP contribution in [0.3, 0.4) is 0 Å². The molecule has 0 amide bonds. The fourth-order valence-electron chi connectivity index (χ4n) is 2.11. The van der Waals surface area contributed by atoms with Crippen LogP contribution in [0.15, 0.2) is 16.6 Å². The monoisotopic (exact) mass is 328 g/mol. The van der Waals surface area contributed by atoms with E-state index in [2.05, 4.69) is 21.9 Å². The lowest BCUT2D eigenvalue weighted by Gasteiger charge is -2.12. The van der Waals surface area contributed by atoms with Gasteiger partial charge in [-0.15, -0.1) is 11.3 Å². The van der Waals surface area contributed by atoms with Gasteiger partial charge < -0.3 is 5.32 Å². The van der Waals surface area contributed by atoms with E-state index in [4.69, 9.17) is 0 Å². The zero-order valence-electron chi connectivity index (χ0n) is 12.2. The Morgan fingerprint density at radius 2 is 2.24 bits per heavy atom. The molecule has 0 atom stereocenters. The summed E-state index contributed by atoms with van der Waals surface area (Å²) in [7, 11) is -3.57. The number of hydrogen-bond acceptors (Lipinski definition) is 5. The van der Waals surface area contributed by atoms with E-state index in [0.29, 0.717) is 23.9 Å². The number of thiazole rings is 1. The first-order chi connectivity index (χ1) is 9.95. The van der Waals surface area contributed by atoms with Crippen molar-refractivity contribution in [3.63, 3.8) is 0 Å². The van der Waals surface area contributed by atoms with Gasteiger partial charge in [0.2, 0.25) is 0 Å². The first-order valence-corrected chi connectivity index (χ1v) is 9.51. The summed E-state index contributed by atoms with van der Waals surface area (Å²) in [6, 6.07) is 0. The van der Waals surface area contributed by atoms with Crippen LogP contribution in [0.25, 0.3) is 4.96 Å². The third-order valence-electron chi connectivity index (χ3n) is 3.81. The van der Waals surface area contributed by atoms with E-state index in [-0.39, 0.29) is 10.4 Å². The number of aromatic nitrogens is 2. The van der Waals surface area contributed by atoms with Gasteiger partial charge >= 0.3 is 0 Å². The predicted octanol–water partition coefficient (Wildman–Crippen LogP) is 2.30. The summed E-state index contributed by atoms with van der Waals surface area (Å²) in [5.74, 6) is 0.442. The predicted molar refractivity (Wildman–Crippen MR) is 84.4 cm³/mol. The Kier molecular flexibility index (Phi) is 3.71. The molecule has 1 aliphatic carbocycles. The molecule has 2 heterocycles. The summed E-state index contributed by atoms with van der Waals surface area (Å²) < 4.78 is 29.7. The second kappa shape index (κ2) is 5.26. The lowest BCUT2D eigenvalue weighted by Crippen LogP contribution is -2.30. The SMILES string of the molecule is CCCNc1nc2sccn2c1S(=O)(=O)NCC1(C)CC1. The molecule has 0 aromatic carbocycles.